The minimum atomic E-state index is -3.70. The minimum absolute atomic E-state index is 0.129. The van der Waals surface area contributed by atoms with E-state index in [0.29, 0.717) is 31.9 Å². The molecule has 0 unspecified atom stereocenters. The van der Waals surface area contributed by atoms with Crippen molar-refractivity contribution in [2.24, 2.45) is 0 Å². The third-order valence-electron chi connectivity index (χ3n) is 4.39. The maximum atomic E-state index is 13.1. The predicted octanol–water partition coefficient (Wildman–Crippen LogP) is 2.15. The van der Waals surface area contributed by atoms with Crippen LogP contribution in [0.4, 0.5) is 15.6 Å². The standard InChI is InChI=1S/C17H22N4O5S2/c1-12-15(27-16(18-12)19-17(22)26-3)28(23,24)21-10-8-20(9-11-21)13-6-4-5-7-14(13)25-2/h4-7H,8-11H2,1-3H3,(H,18,19,22). The number of thiazole rings is 1. The zero-order valence-corrected chi connectivity index (χ0v) is 17.5. The molecule has 0 atom stereocenters. The quantitative estimate of drug-likeness (QED) is 0.782. The molecule has 152 valence electrons. The molecule has 1 aromatic carbocycles. The van der Waals surface area contributed by atoms with Gasteiger partial charge in [0.1, 0.15) is 5.75 Å². The highest BCUT2D eigenvalue weighted by molar-refractivity contribution is 7.91. The summed E-state index contributed by atoms with van der Waals surface area (Å²) in [6.07, 6.45) is -0.692. The van der Waals surface area contributed by atoms with Crippen LogP contribution in [0.3, 0.4) is 0 Å². The van der Waals surface area contributed by atoms with Gasteiger partial charge in [-0.05, 0) is 19.1 Å². The van der Waals surface area contributed by atoms with Crippen molar-refractivity contribution in [3.63, 3.8) is 0 Å². The Morgan fingerprint density at radius 2 is 1.86 bits per heavy atom. The van der Waals surface area contributed by atoms with E-state index < -0.39 is 16.1 Å². The zero-order chi connectivity index (χ0) is 20.3. The number of piperazine rings is 1. The van der Waals surface area contributed by atoms with Gasteiger partial charge in [-0.25, -0.2) is 18.2 Å². The van der Waals surface area contributed by atoms with Crippen molar-refractivity contribution in [2.45, 2.75) is 11.1 Å². The van der Waals surface area contributed by atoms with Gasteiger partial charge in [0, 0.05) is 26.2 Å². The van der Waals surface area contributed by atoms with Crippen LogP contribution in [0.5, 0.6) is 5.75 Å². The molecule has 1 aliphatic rings. The van der Waals surface area contributed by atoms with Gasteiger partial charge in [-0.15, -0.1) is 0 Å². The van der Waals surface area contributed by atoms with Crippen LogP contribution in [0.1, 0.15) is 5.69 Å². The van der Waals surface area contributed by atoms with Crippen molar-refractivity contribution < 1.29 is 22.7 Å². The maximum Gasteiger partial charge on any atom is 0.413 e. The lowest BCUT2D eigenvalue weighted by molar-refractivity contribution is 0.187. The van der Waals surface area contributed by atoms with Gasteiger partial charge >= 0.3 is 6.09 Å². The average molecular weight is 427 g/mol. The number of hydrogen-bond donors (Lipinski definition) is 1. The smallest absolute Gasteiger partial charge is 0.413 e. The van der Waals surface area contributed by atoms with E-state index in [1.165, 1.54) is 11.4 Å². The number of benzene rings is 1. The van der Waals surface area contributed by atoms with E-state index >= 15 is 0 Å². The first-order valence-corrected chi connectivity index (χ1v) is 10.8. The number of hydrogen-bond acceptors (Lipinski definition) is 8. The molecule has 1 aliphatic heterocycles. The molecule has 0 bridgehead atoms. The van der Waals surface area contributed by atoms with Crippen molar-refractivity contribution in [2.75, 3.05) is 50.6 Å². The summed E-state index contributed by atoms with van der Waals surface area (Å²) in [5.74, 6) is 0.760. The van der Waals surface area contributed by atoms with Gasteiger partial charge in [0.15, 0.2) is 9.34 Å². The van der Waals surface area contributed by atoms with Crippen molar-refractivity contribution in [3.8, 4) is 5.75 Å². The van der Waals surface area contributed by atoms with Gasteiger partial charge in [-0.1, -0.05) is 23.5 Å². The highest BCUT2D eigenvalue weighted by Gasteiger charge is 2.32. The summed E-state index contributed by atoms with van der Waals surface area (Å²) < 4.78 is 37.6. The average Bonchev–Trinajstić information content (AvgIpc) is 3.08. The molecule has 2 aromatic rings. The second kappa shape index (κ2) is 8.33. The van der Waals surface area contributed by atoms with Gasteiger partial charge in [-0.3, -0.25) is 5.32 Å². The number of carbonyl (C=O) groups is 1. The van der Waals surface area contributed by atoms with Gasteiger partial charge in [0.25, 0.3) is 10.0 Å². The molecular formula is C17H22N4O5S2. The summed E-state index contributed by atoms with van der Waals surface area (Å²) in [4.78, 5) is 17.6. The van der Waals surface area contributed by atoms with E-state index in [0.717, 1.165) is 22.8 Å². The number of carbonyl (C=O) groups excluding carboxylic acids is 1. The molecule has 1 fully saturated rings. The molecule has 0 saturated carbocycles. The molecule has 2 heterocycles. The summed E-state index contributed by atoms with van der Waals surface area (Å²) in [5, 5.41) is 2.60. The first-order valence-electron chi connectivity index (χ1n) is 8.57. The van der Waals surface area contributed by atoms with Crippen LogP contribution in [0.15, 0.2) is 28.5 Å². The lowest BCUT2D eigenvalue weighted by Gasteiger charge is -2.35. The first kappa shape index (κ1) is 20.4. The Kier molecular flexibility index (Phi) is 6.06. The Hall–Kier alpha value is -2.37. The van der Waals surface area contributed by atoms with Crippen LogP contribution < -0.4 is 15.0 Å². The van der Waals surface area contributed by atoms with Gasteiger partial charge in [0.2, 0.25) is 0 Å². The second-order valence-corrected chi connectivity index (χ2v) is 9.20. The Balaban J connectivity index is 1.74. The van der Waals surface area contributed by atoms with Gasteiger partial charge < -0.3 is 14.4 Å². The fourth-order valence-electron chi connectivity index (χ4n) is 2.99. The molecule has 9 nitrogen and oxygen atoms in total. The van der Waals surface area contributed by atoms with Crippen molar-refractivity contribution in [3.05, 3.63) is 30.0 Å². The highest BCUT2D eigenvalue weighted by atomic mass is 32.2. The summed E-state index contributed by atoms with van der Waals surface area (Å²) in [5.41, 5.74) is 1.30. The SMILES string of the molecule is COC(=O)Nc1nc(C)c(S(=O)(=O)N2CCN(c3ccccc3OC)CC2)s1. The molecule has 0 aliphatic carbocycles. The van der Waals surface area contributed by atoms with E-state index in [1.54, 1.807) is 14.0 Å². The molecule has 1 amide bonds. The van der Waals surface area contributed by atoms with Gasteiger partial charge in [-0.2, -0.15) is 4.31 Å². The van der Waals surface area contributed by atoms with E-state index in [-0.39, 0.29) is 9.34 Å². The molecule has 1 N–H and O–H groups in total. The number of sulfonamides is 1. The van der Waals surface area contributed by atoms with Crippen LogP contribution in [-0.2, 0) is 14.8 Å². The number of anilines is 2. The van der Waals surface area contributed by atoms with Crippen LogP contribution >= 0.6 is 11.3 Å². The molecule has 1 aromatic heterocycles. The fraction of sp³-hybridized carbons (Fsp3) is 0.412. The summed E-state index contributed by atoms with van der Waals surface area (Å²) in [6, 6.07) is 7.67. The van der Waals surface area contributed by atoms with Crippen LogP contribution in [0.2, 0.25) is 0 Å². The van der Waals surface area contributed by atoms with E-state index in [1.807, 2.05) is 24.3 Å². The lowest BCUT2D eigenvalue weighted by atomic mass is 10.2. The molecule has 28 heavy (non-hydrogen) atoms. The number of ether oxygens (including phenoxy) is 2. The number of amides is 1. The third kappa shape index (κ3) is 4.05. The molecule has 11 heteroatoms. The minimum Gasteiger partial charge on any atom is -0.495 e. The normalized spacial score (nSPS) is 15.3. The summed E-state index contributed by atoms with van der Waals surface area (Å²) in [7, 11) is -0.848. The summed E-state index contributed by atoms with van der Waals surface area (Å²) >= 11 is 0.921. The van der Waals surface area contributed by atoms with E-state index in [9.17, 15) is 13.2 Å². The molecule has 0 radical (unpaired) electrons. The number of rotatable bonds is 5. The fourth-order valence-corrected chi connectivity index (χ4v) is 5.95. The number of aromatic nitrogens is 1. The first-order chi connectivity index (χ1) is 13.4. The van der Waals surface area contributed by atoms with Crippen molar-refractivity contribution in [1.82, 2.24) is 9.29 Å². The monoisotopic (exact) mass is 426 g/mol. The Labute approximate surface area is 167 Å². The van der Waals surface area contributed by atoms with Crippen molar-refractivity contribution in [1.29, 1.82) is 0 Å². The Bertz CT molecular complexity index is 952. The Morgan fingerprint density at radius 1 is 1.18 bits per heavy atom. The number of para-hydroxylation sites is 2. The van der Waals surface area contributed by atoms with Crippen LogP contribution in [-0.4, -0.2) is 64.2 Å². The topological polar surface area (TPSA) is 101 Å². The van der Waals surface area contributed by atoms with Crippen LogP contribution in [0.25, 0.3) is 0 Å². The number of nitrogens with zero attached hydrogens (tertiary/aromatic N) is 3. The van der Waals surface area contributed by atoms with Crippen molar-refractivity contribution >= 4 is 38.3 Å². The van der Waals surface area contributed by atoms with Gasteiger partial charge in [0.05, 0.1) is 25.6 Å². The third-order valence-corrected chi connectivity index (χ3v) is 7.95. The molecule has 3 rings (SSSR count). The number of aryl methyl sites for hydroxylation is 1. The highest BCUT2D eigenvalue weighted by Crippen LogP contribution is 2.32. The van der Waals surface area contributed by atoms with Crippen LogP contribution in [0, 0.1) is 6.92 Å². The van der Waals surface area contributed by atoms with E-state index in [4.69, 9.17) is 4.74 Å². The Morgan fingerprint density at radius 3 is 2.50 bits per heavy atom. The molecular weight excluding hydrogens is 404 g/mol. The maximum absolute atomic E-state index is 13.1. The largest absolute Gasteiger partial charge is 0.495 e. The second-order valence-electron chi connectivity index (χ2n) is 6.07. The molecule has 0 spiro atoms. The lowest BCUT2D eigenvalue weighted by Crippen LogP contribution is -2.48. The molecule has 1 saturated heterocycles. The zero-order valence-electron chi connectivity index (χ0n) is 15.8. The number of nitrogens with one attached hydrogen (secondary N) is 1. The van der Waals surface area contributed by atoms with E-state index in [2.05, 4.69) is 19.9 Å². The predicted molar refractivity (Wildman–Crippen MR) is 107 cm³/mol. The summed E-state index contributed by atoms with van der Waals surface area (Å²) in [6.45, 7) is 3.39. The number of methoxy groups -OCH3 is 2.